The van der Waals surface area contributed by atoms with Crippen LogP contribution in [0.5, 0.6) is 0 Å². The number of hydrogen-bond donors (Lipinski definition) is 1. The molecule has 462 valence electrons. The fraction of sp³-hybridized carbons (Fsp3) is 0.743. The zero-order valence-electron chi connectivity index (χ0n) is 52.8. The van der Waals surface area contributed by atoms with Crippen molar-refractivity contribution in [1.82, 2.24) is 5.32 Å². The zero-order valence-corrected chi connectivity index (χ0v) is 53.7. The highest BCUT2D eigenvalue weighted by Gasteiger charge is 2.27. The molecule has 3 unspecified atom stereocenters. The number of esters is 1. The molecule has 0 heterocycles. The molecule has 0 aliphatic heterocycles. The third kappa shape index (κ3) is 59.5. The largest absolute Gasteiger partial charge is 0.756 e. The average molecular weight is 1140 g/mol. The predicted octanol–water partition coefficient (Wildman–Crippen LogP) is 20.1. The fourth-order valence-corrected chi connectivity index (χ4v) is 9.91. The van der Waals surface area contributed by atoms with Gasteiger partial charge < -0.3 is 28.5 Å². The highest BCUT2D eigenvalue weighted by Crippen LogP contribution is 2.38. The Kier molecular flexibility index (Phi) is 56.8. The van der Waals surface area contributed by atoms with Crippen molar-refractivity contribution in [1.29, 1.82) is 0 Å². The van der Waals surface area contributed by atoms with E-state index in [1.54, 1.807) is 0 Å². The van der Waals surface area contributed by atoms with Crippen molar-refractivity contribution < 1.29 is 37.3 Å². The second-order valence-electron chi connectivity index (χ2n) is 23.3. The first-order chi connectivity index (χ1) is 38.9. The molecule has 9 nitrogen and oxygen atoms in total. The van der Waals surface area contributed by atoms with E-state index in [4.69, 9.17) is 13.8 Å². The first kappa shape index (κ1) is 76.9. The van der Waals surface area contributed by atoms with Crippen molar-refractivity contribution in [3.8, 4) is 0 Å². The van der Waals surface area contributed by atoms with Gasteiger partial charge in [0.15, 0.2) is 0 Å². The van der Waals surface area contributed by atoms with Gasteiger partial charge in [0.2, 0.25) is 5.91 Å². The highest BCUT2D eigenvalue weighted by molar-refractivity contribution is 7.45. The maximum atomic E-state index is 13.5. The molecule has 0 rings (SSSR count). The Balaban J connectivity index is 5.22. The minimum absolute atomic E-state index is 0.0320. The van der Waals surface area contributed by atoms with Crippen molar-refractivity contribution in [2.45, 2.75) is 296 Å². The Hall–Kier alpha value is -3.07. The number of phosphoric acid groups is 1. The number of likely N-dealkylation sites (N-methyl/N-ethyl adjacent to an activating group) is 1. The maximum absolute atomic E-state index is 13.5. The number of carbonyl (C=O) groups excluding carboxylic acids is 2. The van der Waals surface area contributed by atoms with Crippen LogP contribution in [-0.4, -0.2) is 69.4 Å². The molecule has 3 atom stereocenters. The number of amides is 1. The Morgan fingerprint density at radius 3 is 1.29 bits per heavy atom. The third-order valence-electron chi connectivity index (χ3n) is 14.3. The molecule has 0 bridgehead atoms. The number of nitrogens with one attached hydrogen (secondary N) is 1. The van der Waals surface area contributed by atoms with E-state index < -0.39 is 26.6 Å². The minimum Gasteiger partial charge on any atom is -0.756 e. The summed E-state index contributed by atoms with van der Waals surface area (Å²) >= 11 is 0. The van der Waals surface area contributed by atoms with Crippen molar-refractivity contribution in [2.75, 3.05) is 40.9 Å². The van der Waals surface area contributed by atoms with Crippen LogP contribution < -0.4 is 10.2 Å². The van der Waals surface area contributed by atoms with Gasteiger partial charge in [0.05, 0.1) is 33.8 Å². The minimum atomic E-state index is -4.71. The molecular weight excluding hydrogens is 1010 g/mol. The van der Waals surface area contributed by atoms with Gasteiger partial charge in [0.25, 0.3) is 7.82 Å². The lowest BCUT2D eigenvalue weighted by atomic mass is 10.0. The fourth-order valence-electron chi connectivity index (χ4n) is 9.19. The Morgan fingerprint density at radius 1 is 0.463 bits per heavy atom. The van der Waals surface area contributed by atoms with Gasteiger partial charge in [-0.05, 0) is 102 Å². The number of quaternary nitrogens is 1. The number of phosphoric ester groups is 1. The van der Waals surface area contributed by atoms with E-state index in [2.05, 4.69) is 111 Å². The normalized spacial score (nSPS) is 14.2. The van der Waals surface area contributed by atoms with E-state index in [-0.39, 0.29) is 31.3 Å². The first-order valence-corrected chi connectivity index (χ1v) is 34.5. The van der Waals surface area contributed by atoms with Crippen molar-refractivity contribution in [3.63, 3.8) is 0 Å². The number of hydrogen-bond acceptors (Lipinski definition) is 7. The second kappa shape index (κ2) is 59.1. The summed E-state index contributed by atoms with van der Waals surface area (Å²) < 4.78 is 30.4. The van der Waals surface area contributed by atoms with Crippen LogP contribution >= 0.6 is 7.82 Å². The number of unbranched alkanes of at least 4 members (excludes halogenated alkanes) is 30. The van der Waals surface area contributed by atoms with Crippen molar-refractivity contribution >= 4 is 19.7 Å². The van der Waals surface area contributed by atoms with Gasteiger partial charge in [-0.3, -0.25) is 14.2 Å². The van der Waals surface area contributed by atoms with E-state index in [1.165, 1.54) is 135 Å². The molecular formula is C70H125N2O7P. The van der Waals surface area contributed by atoms with Crippen LogP contribution in [0, 0.1) is 0 Å². The lowest BCUT2D eigenvalue weighted by molar-refractivity contribution is -0.870. The van der Waals surface area contributed by atoms with Crippen LogP contribution in [0.25, 0.3) is 0 Å². The van der Waals surface area contributed by atoms with Crippen molar-refractivity contribution in [3.05, 3.63) is 97.2 Å². The van der Waals surface area contributed by atoms with Crippen LogP contribution in [0.1, 0.15) is 284 Å². The molecule has 0 aliphatic rings. The van der Waals surface area contributed by atoms with Crippen LogP contribution in [0.4, 0.5) is 0 Å². The molecule has 1 amide bonds. The number of carbonyl (C=O) groups is 2. The summed E-state index contributed by atoms with van der Waals surface area (Å²) in [4.78, 5) is 40.1. The molecule has 0 aromatic heterocycles. The molecule has 1 N–H and O–H groups in total. The highest BCUT2D eigenvalue weighted by atomic mass is 31.2. The lowest BCUT2D eigenvalue weighted by Crippen LogP contribution is -2.47. The van der Waals surface area contributed by atoms with Gasteiger partial charge in [-0.15, -0.1) is 0 Å². The molecule has 0 saturated heterocycles. The van der Waals surface area contributed by atoms with Crippen LogP contribution in [0.15, 0.2) is 97.2 Å². The quantitative estimate of drug-likeness (QED) is 0.0161. The van der Waals surface area contributed by atoms with Gasteiger partial charge in [0, 0.05) is 12.8 Å². The summed E-state index contributed by atoms with van der Waals surface area (Å²) in [6.45, 7) is 6.71. The summed E-state index contributed by atoms with van der Waals surface area (Å²) in [5.74, 6) is -0.578. The van der Waals surface area contributed by atoms with E-state index in [0.29, 0.717) is 17.4 Å². The number of allylic oxidation sites excluding steroid dienone is 15. The van der Waals surface area contributed by atoms with Crippen LogP contribution in [0.2, 0.25) is 0 Å². The SMILES string of the molecule is CC/C=C\C/C=C\C/C=C\C/C=C\C/C=C\CCCCCCCCCCCC(=O)OC(/C=C\CCCCCCCCCCCCC)C(COP(=O)([O-])OCC[N+](C)(C)C)NC(=O)CCCCC/C=C/C=C/CCCCCCCCC. The smallest absolute Gasteiger partial charge is 0.306 e. The summed E-state index contributed by atoms with van der Waals surface area (Å²) in [6, 6.07) is -0.910. The van der Waals surface area contributed by atoms with E-state index in [9.17, 15) is 19.0 Å². The summed E-state index contributed by atoms with van der Waals surface area (Å²) in [5.41, 5.74) is 0. The van der Waals surface area contributed by atoms with E-state index in [0.717, 1.165) is 109 Å². The molecule has 0 aromatic rings. The van der Waals surface area contributed by atoms with E-state index >= 15 is 0 Å². The molecule has 10 heteroatoms. The topological polar surface area (TPSA) is 114 Å². The molecule has 0 aromatic carbocycles. The predicted molar refractivity (Wildman–Crippen MR) is 344 cm³/mol. The first-order valence-electron chi connectivity index (χ1n) is 33.1. The Labute approximate surface area is 494 Å². The Morgan fingerprint density at radius 2 is 0.838 bits per heavy atom. The molecule has 0 fully saturated rings. The second-order valence-corrected chi connectivity index (χ2v) is 24.7. The molecule has 0 radical (unpaired) electrons. The molecule has 80 heavy (non-hydrogen) atoms. The van der Waals surface area contributed by atoms with Gasteiger partial charge in [-0.25, -0.2) is 0 Å². The monoisotopic (exact) mass is 1140 g/mol. The summed E-state index contributed by atoms with van der Waals surface area (Å²) in [6.07, 6.45) is 79.5. The zero-order chi connectivity index (χ0) is 58.6. The number of ether oxygens (including phenoxy) is 1. The van der Waals surface area contributed by atoms with Gasteiger partial charge >= 0.3 is 5.97 Å². The van der Waals surface area contributed by atoms with Gasteiger partial charge in [-0.2, -0.15) is 0 Å². The standard InChI is InChI=1S/C70H125N2O7P/c1-7-10-13-16-19-22-25-28-30-32-33-34-35-36-37-38-39-40-42-45-48-51-54-57-60-63-70(74)79-68(61-58-55-52-49-46-43-27-24-21-18-15-12-9-3)67(66-78-80(75,76)77-65-64-72(4,5)6)71-69(73)62-59-56-53-50-47-44-41-31-29-26-23-20-17-14-11-8-2/h10,13,19,22,28,30-31,33-34,36-37,41,44,47,58,61,67-68H,7-9,11-12,14-18,20-21,23-27,29,32,35,38-40,42-43,45-46,48-57,59-60,62-66H2,1-6H3,(H-,71,73,75,76)/b13-10-,22-19-,30-28-,34-33-,37-36-,41-31+,47-44+,61-58-. The van der Waals surface area contributed by atoms with Gasteiger partial charge in [-0.1, -0.05) is 266 Å². The summed E-state index contributed by atoms with van der Waals surface area (Å²) in [7, 11) is 1.16. The Bertz CT molecular complexity index is 1690. The van der Waals surface area contributed by atoms with Crippen molar-refractivity contribution in [2.24, 2.45) is 0 Å². The third-order valence-corrected chi connectivity index (χ3v) is 15.2. The van der Waals surface area contributed by atoms with Gasteiger partial charge in [0.1, 0.15) is 19.3 Å². The molecule has 0 saturated carbocycles. The average Bonchev–Trinajstić information content (AvgIpc) is 3.42. The summed E-state index contributed by atoms with van der Waals surface area (Å²) in [5, 5.41) is 3.02. The van der Waals surface area contributed by atoms with E-state index in [1.807, 2.05) is 33.3 Å². The number of rotatable bonds is 59. The van der Waals surface area contributed by atoms with Crippen LogP contribution in [-0.2, 0) is 27.9 Å². The van der Waals surface area contributed by atoms with Crippen LogP contribution in [0.3, 0.4) is 0 Å². The number of nitrogens with zero attached hydrogens (tertiary/aromatic N) is 1. The molecule has 0 spiro atoms. The maximum Gasteiger partial charge on any atom is 0.306 e. The lowest BCUT2D eigenvalue weighted by Gasteiger charge is -2.30. The molecule has 0 aliphatic carbocycles.